The van der Waals surface area contributed by atoms with Gasteiger partial charge in [0.05, 0.1) is 24.4 Å². The first kappa shape index (κ1) is 23.7. The fourth-order valence-electron chi connectivity index (χ4n) is 3.45. The first-order valence-corrected chi connectivity index (χ1v) is 10.4. The number of alkyl halides is 3. The van der Waals surface area contributed by atoms with Gasteiger partial charge in [-0.3, -0.25) is 0 Å². The number of hydrogen-bond acceptors (Lipinski definition) is 8. The van der Waals surface area contributed by atoms with Crippen molar-refractivity contribution in [2.24, 2.45) is 0 Å². The fourth-order valence-corrected chi connectivity index (χ4v) is 3.45. The second-order valence-electron chi connectivity index (χ2n) is 7.59. The molecule has 0 saturated heterocycles. The minimum absolute atomic E-state index is 0.142. The molecule has 0 aliphatic carbocycles. The summed E-state index contributed by atoms with van der Waals surface area (Å²) in [5.41, 5.74) is 0.208. The minimum Gasteiger partial charge on any atom is -0.488 e. The van der Waals surface area contributed by atoms with Crippen molar-refractivity contribution < 1.29 is 38.0 Å². The van der Waals surface area contributed by atoms with Crippen LogP contribution >= 0.6 is 0 Å². The van der Waals surface area contributed by atoms with E-state index in [-0.39, 0.29) is 37.0 Å². The van der Waals surface area contributed by atoms with Gasteiger partial charge in [-0.15, -0.1) is 0 Å². The maximum atomic E-state index is 13.1. The third-order valence-electron chi connectivity index (χ3n) is 5.17. The van der Waals surface area contributed by atoms with Gasteiger partial charge >= 0.3 is 6.18 Å². The van der Waals surface area contributed by atoms with Crippen molar-refractivity contribution in [3.05, 3.63) is 65.9 Å². The summed E-state index contributed by atoms with van der Waals surface area (Å²) in [5, 5.41) is 29.4. The second kappa shape index (κ2) is 9.84. The second-order valence-corrected chi connectivity index (χ2v) is 7.59. The molecule has 0 bridgehead atoms. The van der Waals surface area contributed by atoms with Crippen LogP contribution in [0.25, 0.3) is 11.3 Å². The van der Waals surface area contributed by atoms with Crippen molar-refractivity contribution in [2.75, 3.05) is 31.3 Å². The summed E-state index contributed by atoms with van der Waals surface area (Å²) in [6, 6.07) is 11.1. The predicted molar refractivity (Wildman–Crippen MR) is 115 cm³/mol. The third kappa shape index (κ3) is 5.22. The van der Waals surface area contributed by atoms with Crippen LogP contribution in [-0.4, -0.2) is 57.8 Å². The highest BCUT2D eigenvalue weighted by atomic mass is 19.4. The maximum Gasteiger partial charge on any atom is 0.416 e. The largest absolute Gasteiger partial charge is 0.488 e. The van der Waals surface area contributed by atoms with E-state index in [0.29, 0.717) is 17.0 Å². The van der Waals surface area contributed by atoms with Gasteiger partial charge < -0.3 is 29.7 Å². The molecule has 1 aliphatic heterocycles. The zero-order chi connectivity index (χ0) is 24.3. The Labute approximate surface area is 192 Å². The maximum absolute atomic E-state index is 13.1. The van der Waals surface area contributed by atoms with E-state index in [1.807, 2.05) is 0 Å². The van der Waals surface area contributed by atoms with E-state index < -0.39 is 30.7 Å². The molecule has 3 N–H and O–H groups in total. The first-order valence-electron chi connectivity index (χ1n) is 10.4. The number of hydrogen-bond donors (Lipinski definition) is 3. The number of benzene rings is 1. The molecule has 0 radical (unpaired) electrons. The Morgan fingerprint density at radius 3 is 2.71 bits per heavy atom. The quantitative estimate of drug-likeness (QED) is 0.477. The Bertz CT molecular complexity index is 1140. The summed E-state index contributed by atoms with van der Waals surface area (Å²) in [4.78, 5) is 10.1. The molecule has 2 atom stereocenters. The number of ether oxygens (including phenoxy) is 2. The number of halogens is 3. The van der Waals surface area contributed by atoms with E-state index in [0.717, 1.165) is 12.1 Å². The molecule has 34 heavy (non-hydrogen) atoms. The van der Waals surface area contributed by atoms with Crippen molar-refractivity contribution in [3.8, 4) is 22.9 Å². The van der Waals surface area contributed by atoms with Crippen LogP contribution in [0.5, 0.6) is 11.6 Å². The zero-order valence-corrected chi connectivity index (χ0v) is 17.8. The van der Waals surface area contributed by atoms with E-state index in [9.17, 15) is 23.4 Å². The van der Waals surface area contributed by atoms with Gasteiger partial charge in [-0.05, 0) is 30.3 Å². The molecular formula is C23H22F3N3O5. The molecule has 1 aromatic carbocycles. The highest BCUT2D eigenvalue weighted by Gasteiger charge is 2.31. The van der Waals surface area contributed by atoms with Crippen molar-refractivity contribution in [1.82, 2.24) is 9.97 Å². The minimum atomic E-state index is -4.48. The lowest BCUT2D eigenvalue weighted by atomic mass is 10.1. The van der Waals surface area contributed by atoms with E-state index in [1.54, 1.807) is 23.1 Å². The highest BCUT2D eigenvalue weighted by Crippen LogP contribution is 2.38. The number of aliphatic hydroxyl groups excluding tert-OH is 3. The Hall–Kier alpha value is -3.41. The first-order chi connectivity index (χ1) is 16.3. The molecule has 0 amide bonds. The van der Waals surface area contributed by atoms with Crippen LogP contribution in [0, 0.1) is 0 Å². The summed E-state index contributed by atoms with van der Waals surface area (Å²) in [6.07, 6.45) is -5.31. The Kier molecular flexibility index (Phi) is 6.87. The molecule has 1 aliphatic rings. The normalized spacial score (nSPS) is 15.3. The Balaban J connectivity index is 1.62. The van der Waals surface area contributed by atoms with E-state index in [2.05, 4.69) is 9.97 Å². The number of rotatable bonds is 7. The molecule has 0 saturated carbocycles. The number of aromatic nitrogens is 2. The Morgan fingerprint density at radius 2 is 1.94 bits per heavy atom. The predicted octanol–water partition coefficient (Wildman–Crippen LogP) is 2.78. The Morgan fingerprint density at radius 1 is 1.12 bits per heavy atom. The monoisotopic (exact) mass is 477 g/mol. The van der Waals surface area contributed by atoms with Gasteiger partial charge in [-0.2, -0.15) is 13.2 Å². The molecule has 180 valence electrons. The third-order valence-corrected chi connectivity index (χ3v) is 5.17. The molecule has 3 aromatic rings. The van der Waals surface area contributed by atoms with Crippen molar-refractivity contribution in [2.45, 2.75) is 18.5 Å². The molecule has 0 spiro atoms. The molecule has 0 fully saturated rings. The summed E-state index contributed by atoms with van der Waals surface area (Å²) in [6.45, 7) is -0.0984. The number of pyridine rings is 2. The van der Waals surface area contributed by atoms with Gasteiger partial charge in [-0.1, -0.05) is 12.1 Å². The molecular weight excluding hydrogens is 455 g/mol. The van der Waals surface area contributed by atoms with E-state index >= 15 is 0 Å². The van der Waals surface area contributed by atoms with Crippen LogP contribution in [0.2, 0.25) is 0 Å². The lowest BCUT2D eigenvalue weighted by molar-refractivity contribution is -0.137. The average molecular weight is 477 g/mol. The van der Waals surface area contributed by atoms with Gasteiger partial charge in [-0.25, -0.2) is 9.97 Å². The molecule has 2 unspecified atom stereocenters. The van der Waals surface area contributed by atoms with E-state index in [4.69, 9.17) is 14.6 Å². The van der Waals surface area contributed by atoms with Crippen LogP contribution in [0.4, 0.5) is 19.0 Å². The molecule has 4 rings (SSSR count). The van der Waals surface area contributed by atoms with Crippen LogP contribution in [-0.2, 0) is 6.18 Å². The van der Waals surface area contributed by atoms with Gasteiger partial charge in [0, 0.05) is 23.4 Å². The lowest BCUT2D eigenvalue weighted by Gasteiger charge is -2.34. The summed E-state index contributed by atoms with van der Waals surface area (Å²) in [7, 11) is 0. The smallest absolute Gasteiger partial charge is 0.416 e. The summed E-state index contributed by atoms with van der Waals surface area (Å²) < 4.78 is 50.4. The standard InChI is InChI=1S/C23H22F3N3O5/c24-23(25,26)16-3-1-2-14(10-16)18-4-5-19-21(28-18)29(8-9-33-19)22(32)15-6-7-27-20(11-15)34-13-17(31)12-30/h1-7,10-11,17,22,30-32H,8-9,12-13H2. The molecule has 11 heteroatoms. The fraction of sp³-hybridized carbons (Fsp3) is 0.304. The number of nitrogens with zero attached hydrogens (tertiary/aromatic N) is 3. The molecule has 3 heterocycles. The summed E-state index contributed by atoms with van der Waals surface area (Å²) in [5.74, 6) is 0.810. The molecule has 2 aromatic heterocycles. The number of anilines is 1. The van der Waals surface area contributed by atoms with Crippen molar-refractivity contribution in [1.29, 1.82) is 0 Å². The average Bonchev–Trinajstić information content (AvgIpc) is 2.86. The lowest BCUT2D eigenvalue weighted by Crippen LogP contribution is -2.37. The zero-order valence-electron chi connectivity index (χ0n) is 17.8. The van der Waals surface area contributed by atoms with Crippen LogP contribution < -0.4 is 14.4 Å². The number of fused-ring (bicyclic) bond motifs is 1. The SMILES string of the molecule is OCC(O)COc1cc(C(O)N2CCOc3ccc(-c4cccc(C(F)(F)F)c4)nc32)ccn1. The van der Waals surface area contributed by atoms with Gasteiger partial charge in [0.15, 0.2) is 17.8 Å². The molecule has 8 nitrogen and oxygen atoms in total. The van der Waals surface area contributed by atoms with Crippen molar-refractivity contribution in [3.63, 3.8) is 0 Å². The highest BCUT2D eigenvalue weighted by molar-refractivity contribution is 5.67. The van der Waals surface area contributed by atoms with E-state index in [1.165, 1.54) is 24.4 Å². The number of aliphatic hydroxyl groups is 3. The summed E-state index contributed by atoms with van der Waals surface area (Å²) >= 11 is 0. The topological polar surface area (TPSA) is 108 Å². The van der Waals surface area contributed by atoms with Gasteiger partial charge in [0.1, 0.15) is 19.3 Å². The van der Waals surface area contributed by atoms with Gasteiger partial charge in [0.2, 0.25) is 5.88 Å². The van der Waals surface area contributed by atoms with Gasteiger partial charge in [0.25, 0.3) is 0 Å². The van der Waals surface area contributed by atoms with Crippen LogP contribution in [0.3, 0.4) is 0 Å². The van der Waals surface area contributed by atoms with Crippen LogP contribution in [0.15, 0.2) is 54.7 Å². The van der Waals surface area contributed by atoms with Crippen LogP contribution in [0.1, 0.15) is 17.4 Å². The van der Waals surface area contributed by atoms with Crippen molar-refractivity contribution >= 4 is 5.82 Å².